The molecule has 1 aliphatic heterocycles. The third-order valence-corrected chi connectivity index (χ3v) is 5.04. The van der Waals surface area contributed by atoms with Gasteiger partial charge in [-0.2, -0.15) is 0 Å². The number of hydrogen-bond acceptors (Lipinski definition) is 5. The number of benzene rings is 2. The van der Waals surface area contributed by atoms with Crippen LogP contribution in [0, 0.1) is 0 Å². The largest absolute Gasteiger partial charge is 0.497 e. The molecule has 0 bridgehead atoms. The molecule has 2 aromatic carbocycles. The van der Waals surface area contributed by atoms with E-state index in [9.17, 15) is 14.4 Å². The van der Waals surface area contributed by atoms with Crippen LogP contribution in [0.1, 0.15) is 10.4 Å². The van der Waals surface area contributed by atoms with E-state index in [4.69, 9.17) is 21.1 Å². The second kappa shape index (κ2) is 9.04. The summed E-state index contributed by atoms with van der Waals surface area (Å²) in [6, 6.07) is 11.6. The summed E-state index contributed by atoms with van der Waals surface area (Å²) in [5.74, 6) is 0.00599. The van der Waals surface area contributed by atoms with Crippen LogP contribution in [-0.4, -0.2) is 68.5 Å². The van der Waals surface area contributed by atoms with Crippen LogP contribution in [0.25, 0.3) is 0 Å². The zero-order valence-electron chi connectivity index (χ0n) is 16.9. The van der Waals surface area contributed by atoms with Gasteiger partial charge in [0, 0.05) is 23.8 Å². The Hall–Kier alpha value is -3.26. The molecule has 30 heavy (non-hydrogen) atoms. The number of amides is 3. The molecule has 3 rings (SSSR count). The van der Waals surface area contributed by atoms with Crippen molar-refractivity contribution in [2.75, 3.05) is 45.9 Å². The molecule has 0 unspecified atom stereocenters. The number of hydrogen-bond donors (Lipinski definition) is 0. The molecule has 9 heteroatoms. The number of nitrogens with zero attached hydrogens (tertiary/aromatic N) is 3. The molecule has 0 spiro atoms. The zero-order chi connectivity index (χ0) is 21.8. The second-order valence-corrected chi connectivity index (χ2v) is 7.20. The molecule has 0 N–H and O–H groups in total. The first-order chi connectivity index (χ1) is 14.3. The lowest BCUT2D eigenvalue weighted by Gasteiger charge is -2.22. The van der Waals surface area contributed by atoms with Gasteiger partial charge in [-0.1, -0.05) is 11.6 Å². The Bertz CT molecular complexity index is 964. The van der Waals surface area contributed by atoms with Crippen LogP contribution in [0.4, 0.5) is 5.69 Å². The van der Waals surface area contributed by atoms with Crippen molar-refractivity contribution in [1.82, 2.24) is 9.80 Å². The minimum Gasteiger partial charge on any atom is -0.497 e. The van der Waals surface area contributed by atoms with Gasteiger partial charge in [0.1, 0.15) is 24.7 Å². The van der Waals surface area contributed by atoms with E-state index < -0.39 is 0 Å². The monoisotopic (exact) mass is 431 g/mol. The van der Waals surface area contributed by atoms with Crippen LogP contribution in [0.2, 0.25) is 5.02 Å². The minimum absolute atomic E-state index is 0.0463. The first-order valence-electron chi connectivity index (χ1n) is 9.15. The molecule has 3 amide bonds. The van der Waals surface area contributed by atoms with Gasteiger partial charge >= 0.3 is 0 Å². The molecule has 158 valence electrons. The molecule has 1 aliphatic rings. The predicted octanol–water partition coefficient (Wildman–Crippen LogP) is 2.26. The molecule has 0 saturated carbocycles. The molecular weight excluding hydrogens is 410 g/mol. The standard InChI is InChI=1S/C21H22ClN3O5/c1-23(21(28)17-9-8-16(29-2)10-18(17)30-3)11-19(26)24-12-20(27)25(13-24)15-6-4-14(22)5-7-15/h4-10H,11-13H2,1-3H3. The maximum atomic E-state index is 12.8. The lowest BCUT2D eigenvalue weighted by Crippen LogP contribution is -2.41. The smallest absolute Gasteiger partial charge is 0.257 e. The van der Waals surface area contributed by atoms with Crippen molar-refractivity contribution in [2.45, 2.75) is 0 Å². The average Bonchev–Trinajstić information content (AvgIpc) is 3.15. The summed E-state index contributed by atoms with van der Waals surface area (Å²) in [6.07, 6.45) is 0. The maximum Gasteiger partial charge on any atom is 0.257 e. The van der Waals surface area contributed by atoms with Crippen LogP contribution < -0.4 is 14.4 Å². The zero-order valence-corrected chi connectivity index (χ0v) is 17.7. The van der Waals surface area contributed by atoms with Crippen LogP contribution in [0.5, 0.6) is 11.5 Å². The molecule has 1 heterocycles. The van der Waals surface area contributed by atoms with Crippen LogP contribution in [0.15, 0.2) is 42.5 Å². The highest BCUT2D eigenvalue weighted by molar-refractivity contribution is 6.30. The molecule has 8 nitrogen and oxygen atoms in total. The van der Waals surface area contributed by atoms with E-state index >= 15 is 0 Å². The minimum atomic E-state index is -0.372. The SMILES string of the molecule is COc1ccc(C(=O)N(C)CC(=O)N2CC(=O)N(c3ccc(Cl)cc3)C2)c(OC)c1. The molecule has 0 radical (unpaired) electrons. The average molecular weight is 432 g/mol. The Morgan fingerprint density at radius 2 is 1.80 bits per heavy atom. The van der Waals surface area contributed by atoms with Gasteiger partial charge < -0.3 is 19.3 Å². The number of rotatable bonds is 6. The Morgan fingerprint density at radius 1 is 1.10 bits per heavy atom. The normalized spacial score (nSPS) is 13.4. The van der Waals surface area contributed by atoms with E-state index in [1.54, 1.807) is 42.5 Å². The molecule has 1 saturated heterocycles. The van der Waals surface area contributed by atoms with Crippen molar-refractivity contribution in [1.29, 1.82) is 0 Å². The van der Waals surface area contributed by atoms with Gasteiger partial charge in [0.2, 0.25) is 11.8 Å². The fraction of sp³-hybridized carbons (Fsp3) is 0.286. The maximum absolute atomic E-state index is 12.8. The second-order valence-electron chi connectivity index (χ2n) is 6.76. The van der Waals surface area contributed by atoms with E-state index in [1.165, 1.54) is 36.0 Å². The van der Waals surface area contributed by atoms with Gasteiger partial charge in [-0.15, -0.1) is 0 Å². The molecule has 0 atom stereocenters. The first kappa shape index (κ1) is 21.4. The van der Waals surface area contributed by atoms with Crippen LogP contribution >= 0.6 is 11.6 Å². The van der Waals surface area contributed by atoms with E-state index in [0.717, 1.165) is 0 Å². The topological polar surface area (TPSA) is 79.4 Å². The lowest BCUT2D eigenvalue weighted by atomic mass is 10.1. The van der Waals surface area contributed by atoms with Crippen molar-refractivity contribution in [3.05, 3.63) is 53.1 Å². The third kappa shape index (κ3) is 4.49. The molecule has 0 aliphatic carbocycles. The van der Waals surface area contributed by atoms with Crippen LogP contribution in [-0.2, 0) is 9.59 Å². The quantitative estimate of drug-likeness (QED) is 0.701. The van der Waals surface area contributed by atoms with Crippen molar-refractivity contribution < 1.29 is 23.9 Å². The summed E-state index contributed by atoms with van der Waals surface area (Å²) in [4.78, 5) is 42.1. The Kier molecular flexibility index (Phi) is 6.47. The van der Waals surface area contributed by atoms with Gasteiger partial charge in [-0.3, -0.25) is 19.3 Å². The van der Waals surface area contributed by atoms with E-state index in [0.29, 0.717) is 27.8 Å². The van der Waals surface area contributed by atoms with Gasteiger partial charge in [0.15, 0.2) is 0 Å². The lowest BCUT2D eigenvalue weighted by molar-refractivity contribution is -0.132. The van der Waals surface area contributed by atoms with Crippen molar-refractivity contribution >= 4 is 35.0 Å². The highest BCUT2D eigenvalue weighted by Gasteiger charge is 2.32. The van der Waals surface area contributed by atoms with Crippen LogP contribution in [0.3, 0.4) is 0 Å². The Morgan fingerprint density at radius 3 is 2.43 bits per heavy atom. The highest BCUT2D eigenvalue weighted by atomic mass is 35.5. The van der Waals surface area contributed by atoms with Crippen molar-refractivity contribution in [3.8, 4) is 11.5 Å². The van der Waals surface area contributed by atoms with Gasteiger partial charge in [-0.05, 0) is 36.4 Å². The first-order valence-corrected chi connectivity index (χ1v) is 9.53. The number of ether oxygens (including phenoxy) is 2. The summed E-state index contributed by atoms with van der Waals surface area (Å²) >= 11 is 5.89. The summed E-state index contributed by atoms with van der Waals surface area (Å²) in [5, 5.41) is 0.562. The fourth-order valence-corrected chi connectivity index (χ4v) is 3.24. The summed E-state index contributed by atoms with van der Waals surface area (Å²) in [6.45, 7) is -0.0989. The number of halogens is 1. The number of likely N-dealkylation sites (N-methyl/N-ethyl adjacent to an activating group) is 1. The highest BCUT2D eigenvalue weighted by Crippen LogP contribution is 2.26. The number of carbonyl (C=O) groups is 3. The third-order valence-electron chi connectivity index (χ3n) is 4.79. The van der Waals surface area contributed by atoms with E-state index in [-0.39, 0.29) is 37.5 Å². The summed E-state index contributed by atoms with van der Waals surface area (Å²) in [7, 11) is 4.50. The fourth-order valence-electron chi connectivity index (χ4n) is 3.12. The van der Waals surface area contributed by atoms with E-state index in [2.05, 4.69) is 0 Å². The summed E-state index contributed by atoms with van der Waals surface area (Å²) < 4.78 is 10.4. The molecule has 1 fully saturated rings. The van der Waals surface area contributed by atoms with Crippen molar-refractivity contribution in [2.24, 2.45) is 0 Å². The predicted molar refractivity (Wildman–Crippen MR) is 112 cm³/mol. The molecular formula is C21H22ClN3O5. The number of anilines is 1. The van der Waals surface area contributed by atoms with Gasteiger partial charge in [-0.25, -0.2) is 0 Å². The molecule has 2 aromatic rings. The summed E-state index contributed by atoms with van der Waals surface area (Å²) in [5.41, 5.74) is 0.973. The number of carbonyl (C=O) groups excluding carboxylic acids is 3. The van der Waals surface area contributed by atoms with Crippen molar-refractivity contribution in [3.63, 3.8) is 0 Å². The van der Waals surface area contributed by atoms with Gasteiger partial charge in [0.25, 0.3) is 5.91 Å². The Balaban J connectivity index is 1.66. The molecule has 0 aromatic heterocycles. The Labute approximate surface area is 179 Å². The number of methoxy groups -OCH3 is 2. The van der Waals surface area contributed by atoms with E-state index in [1.807, 2.05) is 0 Å². The van der Waals surface area contributed by atoms with Gasteiger partial charge in [0.05, 0.1) is 26.3 Å².